The van der Waals surface area contributed by atoms with Crippen LogP contribution in [0.5, 0.6) is 0 Å². The highest BCUT2D eigenvalue weighted by Gasteiger charge is 2.15. The highest BCUT2D eigenvalue weighted by molar-refractivity contribution is 5.75. The van der Waals surface area contributed by atoms with Crippen molar-refractivity contribution in [2.24, 2.45) is 5.92 Å². The van der Waals surface area contributed by atoms with E-state index in [2.05, 4.69) is 5.32 Å². The van der Waals surface area contributed by atoms with Crippen LogP contribution in [0.2, 0.25) is 0 Å². The van der Waals surface area contributed by atoms with Gasteiger partial charge in [0.05, 0.1) is 5.92 Å². The van der Waals surface area contributed by atoms with Crippen LogP contribution in [0.3, 0.4) is 0 Å². The molecule has 0 aliphatic rings. The highest BCUT2D eigenvalue weighted by atomic mass is 16.7. The molecule has 88 valence electrons. The van der Waals surface area contributed by atoms with Gasteiger partial charge in [0.15, 0.2) is 0 Å². The average Bonchev–Trinajstić information content (AvgIpc) is 2.26. The third kappa shape index (κ3) is 5.37. The van der Waals surface area contributed by atoms with Gasteiger partial charge in [0.25, 0.3) is 0 Å². The Bertz CT molecular complexity index is 195. The van der Waals surface area contributed by atoms with Gasteiger partial charge >= 0.3 is 11.9 Å². The van der Waals surface area contributed by atoms with Gasteiger partial charge in [-0.25, -0.2) is 0 Å². The lowest BCUT2D eigenvalue weighted by atomic mass is 10.1. The van der Waals surface area contributed by atoms with E-state index in [1.54, 1.807) is 20.9 Å². The minimum absolute atomic E-state index is 0.162. The summed E-state index contributed by atoms with van der Waals surface area (Å²) in [5.41, 5.74) is 0. The smallest absolute Gasteiger partial charge is 0.325 e. The van der Waals surface area contributed by atoms with Crippen LogP contribution in [0.25, 0.3) is 0 Å². The first-order chi connectivity index (χ1) is 7.02. The maximum absolute atomic E-state index is 11.2. The summed E-state index contributed by atoms with van der Waals surface area (Å²) in [5.74, 6) is -0.942. The van der Waals surface area contributed by atoms with Crippen LogP contribution in [0, 0.1) is 5.92 Å². The molecule has 2 atom stereocenters. The Labute approximate surface area is 90.1 Å². The second-order valence-electron chi connectivity index (χ2n) is 3.36. The molecule has 0 aromatic carbocycles. The summed E-state index contributed by atoms with van der Waals surface area (Å²) in [6, 6.07) is -0.396. The normalized spacial score (nSPS) is 14.1. The summed E-state index contributed by atoms with van der Waals surface area (Å²) in [5, 5.41) is 2.72. The van der Waals surface area contributed by atoms with Crippen molar-refractivity contribution in [3.05, 3.63) is 0 Å². The molecular weight excluding hydrogens is 198 g/mol. The summed E-state index contributed by atoms with van der Waals surface area (Å²) in [6.45, 7) is 5.01. The fourth-order valence-electron chi connectivity index (χ4n) is 0.697. The summed E-state index contributed by atoms with van der Waals surface area (Å²) in [7, 11) is 1.65. The van der Waals surface area contributed by atoms with E-state index in [0.717, 1.165) is 0 Å². The molecule has 1 N–H and O–H groups in total. The first-order valence-corrected chi connectivity index (χ1v) is 5.03. The number of nitrogens with one attached hydrogen (secondary N) is 1. The fraction of sp³-hybridized carbons (Fsp3) is 0.800. The van der Waals surface area contributed by atoms with Gasteiger partial charge in [-0.05, 0) is 20.4 Å². The Kier molecular flexibility index (Phi) is 6.70. The van der Waals surface area contributed by atoms with Crippen LogP contribution in [0.1, 0.15) is 27.2 Å². The van der Waals surface area contributed by atoms with Gasteiger partial charge in [0.1, 0.15) is 6.04 Å². The number of carbonyl (C=O) groups excluding carboxylic acids is 2. The van der Waals surface area contributed by atoms with Crippen molar-refractivity contribution in [1.82, 2.24) is 5.32 Å². The Morgan fingerprint density at radius 1 is 1.20 bits per heavy atom. The van der Waals surface area contributed by atoms with Crippen molar-refractivity contribution in [1.29, 1.82) is 0 Å². The zero-order chi connectivity index (χ0) is 11.8. The fourth-order valence-corrected chi connectivity index (χ4v) is 0.697. The van der Waals surface area contributed by atoms with Crippen LogP contribution in [-0.2, 0) is 19.1 Å². The van der Waals surface area contributed by atoms with Gasteiger partial charge in [-0.15, -0.1) is 0 Å². The Morgan fingerprint density at radius 3 is 2.20 bits per heavy atom. The third-order valence-corrected chi connectivity index (χ3v) is 2.20. The number of hydrogen-bond donors (Lipinski definition) is 1. The van der Waals surface area contributed by atoms with Crippen molar-refractivity contribution < 1.29 is 19.1 Å². The van der Waals surface area contributed by atoms with E-state index in [-0.39, 0.29) is 18.7 Å². The molecule has 0 spiro atoms. The van der Waals surface area contributed by atoms with Gasteiger partial charge in [-0.1, -0.05) is 13.8 Å². The average molecular weight is 217 g/mol. The van der Waals surface area contributed by atoms with Crippen molar-refractivity contribution in [3.63, 3.8) is 0 Å². The molecule has 0 bridgehead atoms. The number of carbonyl (C=O) groups is 2. The lowest BCUT2D eigenvalue weighted by molar-refractivity contribution is -0.170. The van der Waals surface area contributed by atoms with Crippen LogP contribution in [-0.4, -0.2) is 31.8 Å². The zero-order valence-corrected chi connectivity index (χ0v) is 9.70. The maximum atomic E-state index is 11.2. The first kappa shape index (κ1) is 13.9. The van der Waals surface area contributed by atoms with Crippen LogP contribution >= 0.6 is 0 Å². The Balaban J connectivity index is 3.70. The van der Waals surface area contributed by atoms with E-state index in [1.807, 2.05) is 6.92 Å². The number of likely N-dealkylation sites (N-methyl/N-ethyl adjacent to an activating group) is 1. The molecule has 0 amide bonds. The van der Waals surface area contributed by atoms with Crippen LogP contribution in [0.15, 0.2) is 0 Å². The van der Waals surface area contributed by atoms with E-state index in [4.69, 9.17) is 9.47 Å². The molecule has 0 radical (unpaired) electrons. The zero-order valence-electron chi connectivity index (χ0n) is 9.70. The topological polar surface area (TPSA) is 64.6 Å². The second-order valence-corrected chi connectivity index (χ2v) is 3.36. The molecule has 5 nitrogen and oxygen atoms in total. The predicted molar refractivity (Wildman–Crippen MR) is 55.0 cm³/mol. The molecule has 2 unspecified atom stereocenters. The highest BCUT2D eigenvalue weighted by Crippen LogP contribution is 2.03. The Hall–Kier alpha value is -1.10. The number of hydrogen-bond acceptors (Lipinski definition) is 5. The Morgan fingerprint density at radius 2 is 1.73 bits per heavy atom. The second kappa shape index (κ2) is 7.23. The largest absolute Gasteiger partial charge is 0.428 e. The van der Waals surface area contributed by atoms with Crippen LogP contribution < -0.4 is 5.32 Å². The quantitative estimate of drug-likeness (QED) is 0.523. The van der Waals surface area contributed by atoms with Crippen molar-refractivity contribution in [2.45, 2.75) is 33.2 Å². The monoisotopic (exact) mass is 217 g/mol. The molecule has 0 saturated heterocycles. The molecule has 15 heavy (non-hydrogen) atoms. The van der Waals surface area contributed by atoms with E-state index >= 15 is 0 Å². The summed E-state index contributed by atoms with van der Waals surface area (Å²) in [4.78, 5) is 22.3. The van der Waals surface area contributed by atoms with E-state index in [9.17, 15) is 9.59 Å². The molecular formula is C10H19NO4. The number of rotatable bonds is 6. The maximum Gasteiger partial charge on any atom is 0.325 e. The molecule has 5 heteroatoms. The lowest BCUT2D eigenvalue weighted by Crippen LogP contribution is -2.33. The molecule has 0 aliphatic carbocycles. The minimum Gasteiger partial charge on any atom is -0.428 e. The molecule has 0 rings (SSSR count). The van der Waals surface area contributed by atoms with Gasteiger partial charge < -0.3 is 14.8 Å². The number of esters is 2. The summed E-state index contributed by atoms with van der Waals surface area (Å²) >= 11 is 0. The molecule has 0 aromatic heterocycles. The lowest BCUT2D eigenvalue weighted by Gasteiger charge is -2.12. The SMILES string of the molecule is CCC(C)C(=O)OCOC(=O)C(C)NC. The van der Waals surface area contributed by atoms with Crippen LogP contribution in [0.4, 0.5) is 0 Å². The summed E-state index contributed by atoms with van der Waals surface area (Å²) < 4.78 is 9.47. The molecule has 0 heterocycles. The first-order valence-electron chi connectivity index (χ1n) is 5.03. The molecule has 0 aromatic rings. The third-order valence-electron chi connectivity index (χ3n) is 2.20. The van der Waals surface area contributed by atoms with E-state index in [1.165, 1.54) is 0 Å². The van der Waals surface area contributed by atoms with Crippen molar-refractivity contribution in [3.8, 4) is 0 Å². The van der Waals surface area contributed by atoms with Gasteiger partial charge in [0.2, 0.25) is 6.79 Å². The van der Waals surface area contributed by atoms with Crippen molar-refractivity contribution >= 4 is 11.9 Å². The summed E-state index contributed by atoms with van der Waals surface area (Å²) in [6.07, 6.45) is 0.708. The van der Waals surface area contributed by atoms with Gasteiger partial charge in [0, 0.05) is 0 Å². The minimum atomic E-state index is -0.436. The van der Waals surface area contributed by atoms with E-state index < -0.39 is 12.0 Å². The number of ether oxygens (including phenoxy) is 2. The van der Waals surface area contributed by atoms with Gasteiger partial charge in [-0.2, -0.15) is 0 Å². The van der Waals surface area contributed by atoms with E-state index in [0.29, 0.717) is 6.42 Å². The van der Waals surface area contributed by atoms with Crippen molar-refractivity contribution in [2.75, 3.05) is 13.8 Å². The van der Waals surface area contributed by atoms with Gasteiger partial charge in [-0.3, -0.25) is 9.59 Å². The molecule has 0 aliphatic heterocycles. The predicted octanol–water partition coefficient (Wildman–Crippen LogP) is 0.684. The molecule has 0 saturated carbocycles. The molecule has 0 fully saturated rings. The standard InChI is InChI=1S/C10H19NO4/c1-5-7(2)9(12)14-6-15-10(13)8(3)11-4/h7-8,11H,5-6H2,1-4H3.